The van der Waals surface area contributed by atoms with Gasteiger partial charge in [0.25, 0.3) is 0 Å². The van der Waals surface area contributed by atoms with E-state index in [1.54, 1.807) is 0 Å². The third-order valence-electron chi connectivity index (χ3n) is 10.2. The van der Waals surface area contributed by atoms with Gasteiger partial charge < -0.3 is 44.1 Å². The summed E-state index contributed by atoms with van der Waals surface area (Å²) >= 11 is 0. The fourth-order valence-corrected chi connectivity index (χ4v) is 7.04. The van der Waals surface area contributed by atoms with Gasteiger partial charge in [-0.3, -0.25) is 4.79 Å². The number of hydrogen-bond donors (Lipinski definition) is 4. The van der Waals surface area contributed by atoms with E-state index >= 15 is 0 Å². The summed E-state index contributed by atoms with van der Waals surface area (Å²) in [7, 11) is 0. The van der Waals surface area contributed by atoms with Crippen molar-refractivity contribution < 1.29 is 68.1 Å². The Kier molecular flexibility index (Phi) is 15.2. The Hall–Kier alpha value is -4.11. The Morgan fingerprint density at radius 1 is 1.02 bits per heavy atom. The highest BCUT2D eigenvalue weighted by molar-refractivity contribution is 5.98. The smallest absolute Gasteiger partial charge is 0.344 e. The van der Waals surface area contributed by atoms with Crippen molar-refractivity contribution in [2.24, 2.45) is 23.7 Å². The number of aliphatic carboxylic acids is 2. The van der Waals surface area contributed by atoms with E-state index in [1.807, 2.05) is 71.9 Å². The van der Waals surface area contributed by atoms with Crippen LogP contribution in [0.4, 0.5) is 0 Å². The number of ether oxygens (including phenoxy) is 5. The molecule has 2 aliphatic heterocycles. The van der Waals surface area contributed by atoms with E-state index in [9.17, 15) is 44.4 Å². The van der Waals surface area contributed by atoms with Crippen molar-refractivity contribution in [3.8, 4) is 0 Å². The second-order valence-corrected chi connectivity index (χ2v) is 15.1. The summed E-state index contributed by atoms with van der Waals surface area (Å²) in [6, 6.07) is 9.39. The molecule has 0 aromatic heterocycles. The number of carboxylic acids is 2. The maximum atomic E-state index is 13.6. The molecule has 54 heavy (non-hydrogen) atoms. The van der Waals surface area contributed by atoms with Crippen LogP contribution in [0.3, 0.4) is 0 Å². The minimum Gasteiger partial charge on any atom is -0.479 e. The third-order valence-corrected chi connectivity index (χ3v) is 10.2. The molecular weight excluding hydrogens is 704 g/mol. The van der Waals surface area contributed by atoms with Crippen LogP contribution in [-0.2, 0) is 54.1 Å². The maximum absolute atomic E-state index is 13.6. The fraction of sp³-hybridized carbons (Fsp3) is 0.625. The number of carbonyl (C=O) groups excluding carboxylic acids is 3. The van der Waals surface area contributed by atoms with Crippen LogP contribution in [0.25, 0.3) is 0 Å². The van der Waals surface area contributed by atoms with Gasteiger partial charge in [0, 0.05) is 25.3 Å². The topological polar surface area (TPSA) is 212 Å². The third kappa shape index (κ3) is 9.57. The monoisotopic (exact) mass is 760 g/mol. The van der Waals surface area contributed by atoms with Crippen molar-refractivity contribution in [1.29, 1.82) is 0 Å². The van der Waals surface area contributed by atoms with E-state index in [0.717, 1.165) is 18.1 Å². The lowest BCUT2D eigenvalue weighted by atomic mass is 9.74. The molecule has 2 fully saturated rings. The first-order valence-electron chi connectivity index (χ1n) is 18.4. The fourth-order valence-electron chi connectivity index (χ4n) is 7.04. The zero-order valence-corrected chi connectivity index (χ0v) is 32.2. The molecule has 14 heteroatoms. The largest absolute Gasteiger partial charge is 0.479 e. The number of fused-ring (bicyclic) bond motifs is 2. The van der Waals surface area contributed by atoms with Crippen LogP contribution < -0.4 is 0 Å². The van der Waals surface area contributed by atoms with Gasteiger partial charge in [0.1, 0.15) is 12.2 Å². The number of carboxylic acid groups (broad SMARTS) is 2. The molecule has 3 rings (SSSR count). The van der Waals surface area contributed by atoms with E-state index in [4.69, 9.17) is 23.7 Å². The minimum absolute atomic E-state index is 0.0479. The predicted molar refractivity (Wildman–Crippen MR) is 194 cm³/mol. The second-order valence-electron chi connectivity index (χ2n) is 15.1. The highest BCUT2D eigenvalue weighted by Gasteiger charge is 2.86. The van der Waals surface area contributed by atoms with Crippen molar-refractivity contribution >= 4 is 29.8 Å². The lowest BCUT2D eigenvalue weighted by molar-refractivity contribution is -0.374. The average molecular weight is 761 g/mol. The van der Waals surface area contributed by atoms with Crippen molar-refractivity contribution in [1.82, 2.24) is 0 Å². The van der Waals surface area contributed by atoms with E-state index < -0.39 is 77.7 Å². The summed E-state index contributed by atoms with van der Waals surface area (Å²) < 4.78 is 28.1. The molecule has 14 nitrogen and oxygen atoms in total. The van der Waals surface area contributed by atoms with E-state index in [2.05, 4.69) is 6.58 Å². The lowest BCUT2D eigenvalue weighted by Crippen LogP contribution is -2.78. The predicted octanol–water partition coefficient (Wildman–Crippen LogP) is 4.39. The molecule has 1 aromatic carbocycles. The summed E-state index contributed by atoms with van der Waals surface area (Å²) in [5, 5.41) is 45.0. The molecule has 10 atom stereocenters. The van der Waals surface area contributed by atoms with E-state index in [-0.39, 0.29) is 36.4 Å². The normalized spacial score (nSPS) is 28.5. The van der Waals surface area contributed by atoms with Crippen LogP contribution in [0, 0.1) is 23.7 Å². The van der Waals surface area contributed by atoms with Crippen LogP contribution in [0.2, 0.25) is 0 Å². The van der Waals surface area contributed by atoms with E-state index in [1.165, 1.54) is 13.0 Å². The van der Waals surface area contributed by atoms with Crippen LogP contribution >= 0.6 is 0 Å². The number of aliphatic hydroxyl groups excluding tert-OH is 1. The first-order chi connectivity index (χ1) is 25.2. The van der Waals surface area contributed by atoms with E-state index in [0.29, 0.717) is 25.2 Å². The quantitative estimate of drug-likeness (QED) is 0.0629. The number of benzene rings is 1. The van der Waals surface area contributed by atoms with Gasteiger partial charge >= 0.3 is 29.8 Å². The molecular formula is C40H56O14. The minimum atomic E-state index is -3.78. The summed E-state index contributed by atoms with van der Waals surface area (Å²) in [5.74, 6) is -10.3. The molecule has 0 amide bonds. The molecule has 2 aliphatic rings. The Labute approximate surface area is 316 Å². The van der Waals surface area contributed by atoms with Gasteiger partial charge in [-0.15, -0.1) is 0 Å². The maximum Gasteiger partial charge on any atom is 0.344 e. The highest BCUT2D eigenvalue weighted by atomic mass is 16.8. The number of allylic oxidation sites excluding steroid dienone is 1. The number of carbonyl (C=O) groups is 5. The van der Waals surface area contributed by atoms with Crippen molar-refractivity contribution in [2.45, 2.75) is 128 Å². The molecule has 2 saturated heterocycles. The lowest BCUT2D eigenvalue weighted by Gasteiger charge is -2.49. The SMILES string of the molecule is C=C(CCC12OC(C(=O)OCCC(C)C)C(O)(C(=O)O)C(C(=O)O)(O1)[C@H](OC(=O)/C=C/[C@@H](C)C[C@@H](C)CC)[C@H]2O)[C@@H](OC(C)=O)[C@H](C)Cc1ccccc1. The standard InChI is InChI=1S/C40H56O14/c1-9-24(4)21-25(5)15-16-30(42)52-33-32(43)38(19-17-26(6)31(51-28(8)41)27(7)22-29-13-11-10-12-14-29)53-34(35(44)50-20-18-23(2)3)39(49,36(45)46)40(33,54-38)37(47)48/h10-16,23-25,27,31-34,43,49H,6,9,17-22H2,1-5,7-8H3,(H,45,46)(H,47,48)/b16-15+/t24-,25+,27+,31+,32+,33+,34?,38?,39?,40?/m0/s1. The molecule has 2 bridgehead atoms. The Bertz CT molecular complexity index is 1540. The summed E-state index contributed by atoms with van der Waals surface area (Å²) in [6.45, 7) is 16.5. The summed E-state index contributed by atoms with van der Waals surface area (Å²) in [6.07, 6.45) is -3.92. The first-order valence-corrected chi connectivity index (χ1v) is 18.4. The molecule has 0 radical (unpaired) electrons. The molecule has 0 saturated carbocycles. The number of rotatable bonds is 20. The number of hydrogen-bond acceptors (Lipinski definition) is 12. The molecule has 1 aromatic rings. The van der Waals surface area contributed by atoms with Gasteiger partial charge in [0.05, 0.1) is 6.61 Å². The second kappa shape index (κ2) is 18.5. The molecule has 300 valence electrons. The Balaban J connectivity index is 2.08. The molecule has 0 aliphatic carbocycles. The van der Waals surface area contributed by atoms with Gasteiger partial charge in [-0.2, -0.15) is 0 Å². The molecule has 2 heterocycles. The van der Waals surface area contributed by atoms with Crippen molar-refractivity contribution in [3.05, 3.63) is 60.2 Å². The zero-order valence-electron chi connectivity index (χ0n) is 32.2. The van der Waals surface area contributed by atoms with Crippen molar-refractivity contribution in [2.75, 3.05) is 6.61 Å². The molecule has 4 N–H and O–H groups in total. The first kappa shape index (κ1) is 44.3. The average Bonchev–Trinajstić information content (AvgIpc) is 3.32. The van der Waals surface area contributed by atoms with Gasteiger partial charge in [-0.05, 0) is 54.6 Å². The van der Waals surface area contributed by atoms with Gasteiger partial charge in [0.2, 0.25) is 23.1 Å². The zero-order chi connectivity index (χ0) is 40.6. The number of aliphatic hydroxyl groups is 2. The van der Waals surface area contributed by atoms with Crippen LogP contribution in [0.15, 0.2) is 54.6 Å². The van der Waals surface area contributed by atoms with Crippen LogP contribution in [0.5, 0.6) is 0 Å². The van der Waals surface area contributed by atoms with Gasteiger partial charge in [-0.25, -0.2) is 19.2 Å². The summed E-state index contributed by atoms with van der Waals surface area (Å²) in [5.41, 5.74) is -6.03. The molecule has 4 unspecified atom stereocenters. The van der Waals surface area contributed by atoms with Gasteiger partial charge in [-0.1, -0.05) is 91.0 Å². The van der Waals surface area contributed by atoms with Crippen LogP contribution in [-0.4, -0.2) is 98.3 Å². The molecule has 0 spiro atoms. The summed E-state index contributed by atoms with van der Waals surface area (Å²) in [4.78, 5) is 65.3. The Morgan fingerprint density at radius 2 is 1.67 bits per heavy atom. The van der Waals surface area contributed by atoms with Crippen LogP contribution in [0.1, 0.15) is 86.1 Å². The Morgan fingerprint density at radius 3 is 2.22 bits per heavy atom. The number of esters is 3. The van der Waals surface area contributed by atoms with Gasteiger partial charge in [0.15, 0.2) is 6.10 Å². The van der Waals surface area contributed by atoms with Crippen molar-refractivity contribution in [3.63, 3.8) is 0 Å². The highest BCUT2D eigenvalue weighted by Crippen LogP contribution is 2.56.